The van der Waals surface area contributed by atoms with E-state index in [-0.39, 0.29) is 24.8 Å². The van der Waals surface area contributed by atoms with E-state index in [1.165, 1.54) is 38.8 Å². The first-order chi connectivity index (χ1) is 10.6. The van der Waals surface area contributed by atoms with Crippen LogP contribution < -0.4 is 24.8 Å². The fourth-order valence-corrected chi connectivity index (χ4v) is 2.14. The third kappa shape index (κ3) is 11.2. The molecule has 24 heavy (non-hydrogen) atoms. The SMILES string of the molecule is CCCCc1c[cH-]c2ccccc12.C[C](C)=[Zr+2].[C-]1=CC=CC1.[Cl-].[Cl-]. The quantitative estimate of drug-likeness (QED) is 0.588. The molecule has 3 rings (SSSR count). The number of halogens is 2. The van der Waals surface area contributed by atoms with Gasteiger partial charge in [0.1, 0.15) is 0 Å². The van der Waals surface area contributed by atoms with Crippen molar-refractivity contribution in [3.05, 3.63) is 66.3 Å². The molecule has 0 heterocycles. The second-order valence-electron chi connectivity index (χ2n) is 5.55. The molecule has 130 valence electrons. The summed E-state index contributed by atoms with van der Waals surface area (Å²) in [5, 5.41) is 2.82. The van der Waals surface area contributed by atoms with Gasteiger partial charge in [-0.3, -0.25) is 6.08 Å². The minimum atomic E-state index is 0. The van der Waals surface area contributed by atoms with Crippen molar-refractivity contribution in [2.75, 3.05) is 0 Å². The summed E-state index contributed by atoms with van der Waals surface area (Å²) in [5.74, 6) is 0. The molecule has 0 radical (unpaired) electrons. The van der Waals surface area contributed by atoms with Gasteiger partial charge in [-0.15, -0.1) is 47.5 Å². The molecule has 0 saturated heterocycles. The maximum Gasteiger partial charge on any atom is -0.109 e. The largest absolute Gasteiger partial charge is 1.00 e. The van der Waals surface area contributed by atoms with Gasteiger partial charge in [-0.05, 0) is 0 Å². The van der Waals surface area contributed by atoms with Crippen molar-refractivity contribution in [3.8, 4) is 0 Å². The summed E-state index contributed by atoms with van der Waals surface area (Å²) in [4.78, 5) is 0. The molecule has 2 aromatic carbocycles. The summed E-state index contributed by atoms with van der Waals surface area (Å²) in [6, 6.07) is 13.1. The molecular formula is C21H26Cl2Zr-2. The van der Waals surface area contributed by atoms with Crippen LogP contribution in [0.2, 0.25) is 0 Å². The van der Waals surface area contributed by atoms with Crippen molar-refractivity contribution in [2.24, 2.45) is 0 Å². The van der Waals surface area contributed by atoms with Crippen LogP contribution in [-0.2, 0) is 30.7 Å². The Labute approximate surface area is 174 Å². The summed E-state index contributed by atoms with van der Waals surface area (Å²) in [7, 11) is 0. The molecule has 1 aliphatic carbocycles. The number of rotatable bonds is 3. The molecule has 3 heteroatoms. The summed E-state index contributed by atoms with van der Waals surface area (Å²) in [5.41, 5.74) is 1.51. The van der Waals surface area contributed by atoms with Crippen LogP contribution in [0.4, 0.5) is 0 Å². The number of allylic oxidation sites excluding steroid dienone is 4. The van der Waals surface area contributed by atoms with E-state index in [2.05, 4.69) is 69.3 Å². The first-order valence-electron chi connectivity index (χ1n) is 8.02. The Bertz CT molecular complexity index is 610. The second kappa shape index (κ2) is 16.1. The predicted octanol–water partition coefficient (Wildman–Crippen LogP) is -0.0396. The molecule has 0 fully saturated rings. The Morgan fingerprint density at radius 3 is 2.38 bits per heavy atom. The maximum atomic E-state index is 2.99. The van der Waals surface area contributed by atoms with Crippen molar-refractivity contribution in [3.63, 3.8) is 0 Å². The number of hydrogen-bond donors (Lipinski definition) is 0. The molecule has 2 aromatic rings. The zero-order valence-corrected chi connectivity index (χ0v) is 18.8. The molecule has 0 N–H and O–H groups in total. The summed E-state index contributed by atoms with van der Waals surface area (Å²) in [6.07, 6.45) is 13.8. The molecule has 0 bridgehead atoms. The Kier molecular flexibility index (Phi) is 17.4. The Morgan fingerprint density at radius 1 is 1.21 bits per heavy atom. The summed E-state index contributed by atoms with van der Waals surface area (Å²) in [6.45, 7) is 6.49. The predicted molar refractivity (Wildman–Crippen MR) is 96.1 cm³/mol. The van der Waals surface area contributed by atoms with Gasteiger partial charge in [0.2, 0.25) is 0 Å². The molecule has 0 atom stereocenters. The van der Waals surface area contributed by atoms with Gasteiger partial charge in [0.25, 0.3) is 0 Å². The van der Waals surface area contributed by atoms with Crippen molar-refractivity contribution in [1.29, 1.82) is 0 Å². The minimum Gasteiger partial charge on any atom is -1.00 e. The molecule has 0 aromatic heterocycles. The first kappa shape index (κ1) is 25.9. The average molecular weight is 441 g/mol. The zero-order valence-electron chi connectivity index (χ0n) is 14.8. The van der Waals surface area contributed by atoms with Gasteiger partial charge < -0.3 is 24.8 Å². The number of unbranched alkanes of at least 4 members (excludes halogenated alkanes) is 1. The molecule has 0 aliphatic heterocycles. The van der Waals surface area contributed by atoms with Crippen LogP contribution in [0.25, 0.3) is 10.8 Å². The monoisotopic (exact) mass is 438 g/mol. The Balaban J connectivity index is 0. The molecule has 0 nitrogen and oxygen atoms in total. The van der Waals surface area contributed by atoms with Crippen LogP contribution >= 0.6 is 0 Å². The fraction of sp³-hybridized carbons (Fsp3) is 0.333. The standard InChI is InChI=1S/C13H15.C5H5.C3H6.2ClH.Zr/c1-2-3-6-11-9-10-12-7-4-5-8-13(11)12;1-2-4-5-3-1;1-3-2;;;/h4-5,7-10H,2-3,6H2,1H3;1-3H,4H2;1-2H3;2*1H;/q2*-1;;;;+2/p-2. The Hall–Kier alpha value is -0.357. The van der Waals surface area contributed by atoms with E-state index in [0.717, 1.165) is 6.42 Å². The second-order valence-corrected chi connectivity index (χ2v) is 8.01. The smallest absolute Gasteiger partial charge is 0.109 e. The number of hydrogen-bond acceptors (Lipinski definition) is 0. The minimum absolute atomic E-state index is 0. The van der Waals surface area contributed by atoms with Gasteiger partial charge in [-0.1, -0.05) is 32.3 Å². The van der Waals surface area contributed by atoms with E-state index < -0.39 is 0 Å². The van der Waals surface area contributed by atoms with E-state index in [9.17, 15) is 0 Å². The van der Waals surface area contributed by atoms with Gasteiger partial charge in [0.15, 0.2) is 0 Å². The average Bonchev–Trinajstić information content (AvgIpc) is 3.18. The fourth-order valence-electron chi connectivity index (χ4n) is 2.14. The summed E-state index contributed by atoms with van der Waals surface area (Å²) < 4.78 is 1.51. The molecule has 0 saturated carbocycles. The van der Waals surface area contributed by atoms with E-state index in [1.807, 2.05) is 12.2 Å². The van der Waals surface area contributed by atoms with Crippen LogP contribution in [0.1, 0.15) is 45.6 Å². The molecule has 0 amide bonds. The third-order valence-corrected chi connectivity index (χ3v) is 3.16. The zero-order chi connectivity index (χ0) is 16.2. The van der Waals surface area contributed by atoms with Crippen molar-refractivity contribution >= 4 is 14.0 Å². The number of aryl methyl sites for hydroxylation is 1. The van der Waals surface area contributed by atoms with Gasteiger partial charge in [-0.25, -0.2) is 12.2 Å². The maximum absolute atomic E-state index is 2.99. The molecule has 0 spiro atoms. The normalized spacial score (nSPS) is 10.7. The van der Waals surface area contributed by atoms with E-state index in [1.54, 1.807) is 24.2 Å². The Morgan fingerprint density at radius 2 is 1.88 bits per heavy atom. The van der Waals surface area contributed by atoms with E-state index in [4.69, 9.17) is 0 Å². The van der Waals surface area contributed by atoms with Crippen LogP contribution in [-0.4, -0.2) is 3.21 Å². The van der Waals surface area contributed by atoms with Gasteiger partial charge in [0, 0.05) is 0 Å². The topological polar surface area (TPSA) is 0 Å². The molecular weight excluding hydrogens is 414 g/mol. The molecule has 0 unspecified atom stereocenters. The van der Waals surface area contributed by atoms with E-state index >= 15 is 0 Å². The van der Waals surface area contributed by atoms with Crippen molar-refractivity contribution in [2.45, 2.75) is 46.5 Å². The van der Waals surface area contributed by atoms with Crippen LogP contribution in [0.15, 0.2) is 54.6 Å². The summed E-state index contributed by atoms with van der Waals surface area (Å²) >= 11 is 1.55. The van der Waals surface area contributed by atoms with Crippen LogP contribution in [0.5, 0.6) is 0 Å². The first-order valence-corrected chi connectivity index (χ1v) is 9.24. The van der Waals surface area contributed by atoms with Crippen molar-refractivity contribution < 1.29 is 49.0 Å². The van der Waals surface area contributed by atoms with Crippen LogP contribution in [0.3, 0.4) is 0 Å². The van der Waals surface area contributed by atoms with Gasteiger partial charge >= 0.3 is 41.3 Å². The van der Waals surface area contributed by atoms with Gasteiger partial charge in [0.05, 0.1) is 0 Å². The van der Waals surface area contributed by atoms with Gasteiger partial charge in [-0.2, -0.15) is 11.6 Å². The van der Waals surface area contributed by atoms with Crippen LogP contribution in [0, 0.1) is 6.08 Å². The number of benzene rings is 1. The third-order valence-electron chi connectivity index (χ3n) is 3.16. The van der Waals surface area contributed by atoms with E-state index in [0.29, 0.717) is 0 Å². The molecule has 1 aliphatic rings. The number of fused-ring (bicyclic) bond motifs is 1. The van der Waals surface area contributed by atoms with Crippen molar-refractivity contribution in [1.82, 2.24) is 0 Å².